The van der Waals surface area contributed by atoms with Crippen LogP contribution in [0.15, 0.2) is 42.5 Å². The lowest BCUT2D eigenvalue weighted by Gasteiger charge is -2.28. The van der Waals surface area contributed by atoms with Crippen molar-refractivity contribution in [1.82, 2.24) is 0 Å². The van der Waals surface area contributed by atoms with Gasteiger partial charge in [-0.05, 0) is 71.9 Å². The normalized spacial score (nSPS) is 19.9. The highest BCUT2D eigenvalue weighted by Gasteiger charge is 2.25. The Kier molecular flexibility index (Phi) is 5.46. The Morgan fingerprint density at radius 2 is 1.08 bits per heavy atom. The molecule has 4 rings (SSSR count). The minimum atomic E-state index is 0.659. The SMILES string of the molecule is Clc1c(C2CCCCC2)cc(-c2ccccc2)cc1C1CCCCC1. The summed E-state index contributed by atoms with van der Waals surface area (Å²) in [4.78, 5) is 0. The highest BCUT2D eigenvalue weighted by Crippen LogP contribution is 2.44. The van der Waals surface area contributed by atoms with Crippen LogP contribution in [0.5, 0.6) is 0 Å². The molecule has 25 heavy (non-hydrogen) atoms. The van der Waals surface area contributed by atoms with Crippen molar-refractivity contribution in [3.8, 4) is 11.1 Å². The van der Waals surface area contributed by atoms with Gasteiger partial charge in [0.05, 0.1) is 0 Å². The van der Waals surface area contributed by atoms with Gasteiger partial charge in [0.2, 0.25) is 0 Å². The van der Waals surface area contributed by atoms with Crippen LogP contribution in [0.4, 0.5) is 0 Å². The van der Waals surface area contributed by atoms with Gasteiger partial charge in [0.25, 0.3) is 0 Å². The summed E-state index contributed by atoms with van der Waals surface area (Å²) in [6.45, 7) is 0. The van der Waals surface area contributed by atoms with Crippen molar-refractivity contribution in [2.24, 2.45) is 0 Å². The van der Waals surface area contributed by atoms with Crippen molar-refractivity contribution < 1.29 is 0 Å². The van der Waals surface area contributed by atoms with E-state index >= 15 is 0 Å². The van der Waals surface area contributed by atoms with Crippen LogP contribution in [-0.2, 0) is 0 Å². The van der Waals surface area contributed by atoms with E-state index in [9.17, 15) is 0 Å². The van der Waals surface area contributed by atoms with E-state index in [0.29, 0.717) is 11.8 Å². The Bertz CT molecular complexity index is 652. The first-order chi connectivity index (χ1) is 12.3. The van der Waals surface area contributed by atoms with Crippen LogP contribution in [0.25, 0.3) is 11.1 Å². The number of hydrogen-bond donors (Lipinski definition) is 0. The molecule has 0 unspecified atom stereocenters. The molecule has 0 amide bonds. The van der Waals surface area contributed by atoms with Gasteiger partial charge in [-0.3, -0.25) is 0 Å². The first-order valence-corrected chi connectivity index (χ1v) is 10.6. The van der Waals surface area contributed by atoms with Gasteiger partial charge in [0.1, 0.15) is 0 Å². The zero-order chi connectivity index (χ0) is 17.1. The van der Waals surface area contributed by atoms with E-state index < -0.39 is 0 Å². The van der Waals surface area contributed by atoms with Crippen molar-refractivity contribution in [1.29, 1.82) is 0 Å². The molecule has 0 radical (unpaired) electrons. The lowest BCUT2D eigenvalue weighted by molar-refractivity contribution is 0.436. The number of benzene rings is 2. The van der Waals surface area contributed by atoms with Gasteiger partial charge in [-0.15, -0.1) is 0 Å². The molecule has 2 aromatic carbocycles. The molecule has 2 aliphatic rings. The molecule has 0 aromatic heterocycles. The summed E-state index contributed by atoms with van der Waals surface area (Å²) in [5, 5.41) is 1.10. The molecule has 0 aliphatic heterocycles. The fourth-order valence-corrected chi connectivity index (χ4v) is 5.31. The van der Waals surface area contributed by atoms with Gasteiger partial charge < -0.3 is 0 Å². The molecule has 0 spiro atoms. The van der Waals surface area contributed by atoms with Crippen molar-refractivity contribution in [2.75, 3.05) is 0 Å². The van der Waals surface area contributed by atoms with Crippen LogP contribution in [0.1, 0.15) is 87.2 Å². The molecular formula is C24H29Cl. The van der Waals surface area contributed by atoms with E-state index in [1.54, 1.807) is 0 Å². The second-order valence-electron chi connectivity index (χ2n) is 8.00. The molecule has 0 nitrogen and oxygen atoms in total. The molecule has 0 bridgehead atoms. The van der Waals surface area contributed by atoms with Crippen LogP contribution in [0, 0.1) is 0 Å². The molecule has 0 heterocycles. The molecule has 2 saturated carbocycles. The Morgan fingerprint density at radius 3 is 1.56 bits per heavy atom. The minimum Gasteiger partial charge on any atom is -0.0837 e. The van der Waals surface area contributed by atoms with Gasteiger partial charge in [0.15, 0.2) is 0 Å². The average Bonchev–Trinajstić information content (AvgIpc) is 2.70. The van der Waals surface area contributed by atoms with Crippen molar-refractivity contribution in [2.45, 2.75) is 76.0 Å². The highest BCUT2D eigenvalue weighted by molar-refractivity contribution is 6.32. The summed E-state index contributed by atoms with van der Waals surface area (Å²) in [7, 11) is 0. The zero-order valence-electron chi connectivity index (χ0n) is 15.1. The van der Waals surface area contributed by atoms with Crippen molar-refractivity contribution in [3.05, 3.63) is 58.6 Å². The van der Waals surface area contributed by atoms with E-state index in [2.05, 4.69) is 42.5 Å². The van der Waals surface area contributed by atoms with E-state index in [0.717, 1.165) is 5.02 Å². The zero-order valence-corrected chi connectivity index (χ0v) is 15.9. The third-order valence-electron chi connectivity index (χ3n) is 6.33. The molecule has 1 heteroatoms. The summed E-state index contributed by atoms with van der Waals surface area (Å²) >= 11 is 7.03. The maximum absolute atomic E-state index is 7.03. The first-order valence-electron chi connectivity index (χ1n) is 10.2. The fourth-order valence-electron chi connectivity index (χ4n) is 4.89. The summed E-state index contributed by atoms with van der Waals surface area (Å²) in [5.74, 6) is 1.32. The maximum atomic E-state index is 7.03. The summed E-state index contributed by atoms with van der Waals surface area (Å²) in [6.07, 6.45) is 13.4. The molecule has 132 valence electrons. The molecule has 0 N–H and O–H groups in total. The van der Waals surface area contributed by atoms with Gasteiger partial charge in [0, 0.05) is 5.02 Å². The first kappa shape index (κ1) is 17.2. The minimum absolute atomic E-state index is 0.659. The Balaban J connectivity index is 1.78. The van der Waals surface area contributed by atoms with E-state index in [1.165, 1.54) is 86.5 Å². The molecule has 2 fully saturated rings. The lowest BCUT2D eigenvalue weighted by Crippen LogP contribution is -2.10. The Hall–Kier alpha value is -1.27. The molecule has 2 aliphatic carbocycles. The highest BCUT2D eigenvalue weighted by atomic mass is 35.5. The largest absolute Gasteiger partial charge is 0.0837 e. The van der Waals surface area contributed by atoms with Crippen LogP contribution in [0.2, 0.25) is 5.02 Å². The topological polar surface area (TPSA) is 0 Å². The monoisotopic (exact) mass is 352 g/mol. The summed E-state index contributed by atoms with van der Waals surface area (Å²) in [5.41, 5.74) is 5.56. The molecule has 0 saturated heterocycles. The van der Waals surface area contributed by atoms with Gasteiger partial charge in [-0.1, -0.05) is 80.5 Å². The summed E-state index contributed by atoms with van der Waals surface area (Å²) in [6, 6.07) is 15.7. The third kappa shape index (κ3) is 3.80. The van der Waals surface area contributed by atoms with Gasteiger partial charge in [-0.25, -0.2) is 0 Å². The predicted molar refractivity (Wildman–Crippen MR) is 109 cm³/mol. The van der Waals surface area contributed by atoms with Gasteiger partial charge in [-0.2, -0.15) is 0 Å². The van der Waals surface area contributed by atoms with Crippen LogP contribution < -0.4 is 0 Å². The smallest absolute Gasteiger partial charge is 0.0476 e. The van der Waals surface area contributed by atoms with E-state index in [-0.39, 0.29) is 0 Å². The lowest BCUT2D eigenvalue weighted by atomic mass is 9.78. The average molecular weight is 353 g/mol. The van der Waals surface area contributed by atoms with Crippen LogP contribution in [0.3, 0.4) is 0 Å². The predicted octanol–water partition coefficient (Wildman–Crippen LogP) is 8.10. The number of hydrogen-bond acceptors (Lipinski definition) is 0. The summed E-state index contributed by atoms with van der Waals surface area (Å²) < 4.78 is 0. The second kappa shape index (κ2) is 7.96. The van der Waals surface area contributed by atoms with Crippen molar-refractivity contribution in [3.63, 3.8) is 0 Å². The molecule has 0 atom stereocenters. The van der Waals surface area contributed by atoms with Crippen LogP contribution in [-0.4, -0.2) is 0 Å². The molecular weight excluding hydrogens is 324 g/mol. The van der Waals surface area contributed by atoms with E-state index in [4.69, 9.17) is 11.6 Å². The van der Waals surface area contributed by atoms with Crippen molar-refractivity contribution >= 4 is 11.6 Å². The standard InChI is InChI=1S/C24H29Cl/c25-24-22(19-12-6-2-7-13-19)16-21(18-10-4-1-5-11-18)17-23(24)20-14-8-3-9-15-20/h1,4-5,10-11,16-17,19-20H,2-3,6-9,12-15H2. The quantitative estimate of drug-likeness (QED) is 0.523. The second-order valence-corrected chi connectivity index (χ2v) is 8.38. The Labute approximate surface area is 157 Å². The number of halogens is 1. The fraction of sp³-hybridized carbons (Fsp3) is 0.500. The number of rotatable bonds is 3. The third-order valence-corrected chi connectivity index (χ3v) is 6.76. The Morgan fingerprint density at radius 1 is 0.600 bits per heavy atom. The van der Waals surface area contributed by atoms with E-state index in [1.807, 2.05) is 0 Å². The molecule has 2 aromatic rings. The maximum Gasteiger partial charge on any atom is 0.0476 e. The van der Waals surface area contributed by atoms with Gasteiger partial charge >= 0.3 is 0 Å². The van der Waals surface area contributed by atoms with Crippen LogP contribution >= 0.6 is 11.6 Å².